The van der Waals surface area contributed by atoms with Gasteiger partial charge in [0.2, 0.25) is 0 Å². The van der Waals surface area contributed by atoms with Crippen LogP contribution in [0.15, 0.2) is 194 Å². The summed E-state index contributed by atoms with van der Waals surface area (Å²) in [6, 6.07) is 70.2. The lowest BCUT2D eigenvalue weighted by Gasteiger charge is -2.22. The molecule has 1 heterocycles. The van der Waals surface area contributed by atoms with Gasteiger partial charge in [-0.3, -0.25) is 0 Å². The molecule has 57 heavy (non-hydrogen) atoms. The Balaban J connectivity index is 1.02. The van der Waals surface area contributed by atoms with Gasteiger partial charge in [0.1, 0.15) is 0 Å². The molecular formula is C55H38N2. The average Bonchev–Trinajstić information content (AvgIpc) is 3.51. The van der Waals surface area contributed by atoms with Crippen LogP contribution in [-0.4, -0.2) is 9.97 Å². The summed E-state index contributed by atoms with van der Waals surface area (Å²) in [5.74, 6) is 0.703. The third-order valence-corrected chi connectivity index (χ3v) is 12.1. The van der Waals surface area contributed by atoms with E-state index in [2.05, 4.69) is 202 Å². The second kappa shape index (κ2) is 13.0. The molecule has 2 heteroatoms. The standard InChI is InChI=1S/C55H38N2/c1-55(2)49-22-11-10-21-45(49)46-29-28-40(33-50(46)55)39-17-12-18-42(31-39)52-34-51(36-14-4-3-5-15-36)56-54(57-52)38-25-23-37(24-26-38)53-44-20-9-7-16-41(44)32-48-43-19-8-6-13-35(43)27-30-47(48)53/h3-34H,1-2H3. The SMILES string of the molecule is CC1(C)c2ccccc2-c2ccc(-c3cccc(-c4cc(-c5ccccc5)nc(-c5ccc(-c6c7ccccc7cc7c6ccc6ccccc67)cc5)n4)c3)cc21. The minimum Gasteiger partial charge on any atom is -0.228 e. The van der Waals surface area contributed by atoms with Crippen molar-refractivity contribution in [3.63, 3.8) is 0 Å². The van der Waals surface area contributed by atoms with E-state index in [9.17, 15) is 0 Å². The lowest BCUT2D eigenvalue weighted by Crippen LogP contribution is -2.14. The fourth-order valence-corrected chi connectivity index (χ4v) is 9.14. The number of benzene rings is 9. The van der Waals surface area contributed by atoms with E-state index in [1.807, 2.05) is 6.07 Å². The average molecular weight is 727 g/mol. The van der Waals surface area contributed by atoms with E-state index in [0.29, 0.717) is 5.82 Å². The summed E-state index contributed by atoms with van der Waals surface area (Å²) < 4.78 is 0. The topological polar surface area (TPSA) is 25.8 Å². The van der Waals surface area contributed by atoms with Crippen molar-refractivity contribution in [3.05, 3.63) is 205 Å². The van der Waals surface area contributed by atoms with Crippen LogP contribution in [0.5, 0.6) is 0 Å². The van der Waals surface area contributed by atoms with E-state index in [4.69, 9.17) is 9.97 Å². The van der Waals surface area contributed by atoms with E-state index in [1.54, 1.807) is 0 Å². The Kier molecular flexibility index (Phi) is 7.55. The Morgan fingerprint density at radius 2 is 0.947 bits per heavy atom. The molecule has 1 aliphatic carbocycles. The van der Waals surface area contributed by atoms with Crippen molar-refractivity contribution in [1.29, 1.82) is 0 Å². The molecule has 0 amide bonds. The summed E-state index contributed by atoms with van der Waals surface area (Å²) in [5, 5.41) is 7.52. The smallest absolute Gasteiger partial charge is 0.160 e. The molecule has 9 aromatic carbocycles. The van der Waals surface area contributed by atoms with Gasteiger partial charge >= 0.3 is 0 Å². The van der Waals surface area contributed by atoms with E-state index in [0.717, 1.165) is 28.1 Å². The van der Waals surface area contributed by atoms with Crippen molar-refractivity contribution in [2.75, 3.05) is 0 Å². The predicted octanol–water partition coefficient (Wildman–Crippen LogP) is 14.6. The number of hydrogen-bond acceptors (Lipinski definition) is 2. The maximum Gasteiger partial charge on any atom is 0.160 e. The quantitative estimate of drug-likeness (QED) is 0.130. The van der Waals surface area contributed by atoms with Crippen LogP contribution in [0.4, 0.5) is 0 Å². The fourth-order valence-electron chi connectivity index (χ4n) is 9.14. The molecule has 2 nitrogen and oxygen atoms in total. The molecule has 10 aromatic rings. The number of rotatable bonds is 5. The molecule has 0 fully saturated rings. The Morgan fingerprint density at radius 1 is 0.333 bits per heavy atom. The molecule has 0 bridgehead atoms. The van der Waals surface area contributed by atoms with Gasteiger partial charge in [0.25, 0.3) is 0 Å². The Morgan fingerprint density at radius 3 is 1.79 bits per heavy atom. The van der Waals surface area contributed by atoms with Crippen molar-refractivity contribution in [2.45, 2.75) is 19.3 Å². The Hall–Kier alpha value is -7.16. The van der Waals surface area contributed by atoms with E-state index in [1.165, 1.54) is 76.8 Å². The minimum absolute atomic E-state index is 0.0592. The molecule has 0 N–H and O–H groups in total. The van der Waals surface area contributed by atoms with Gasteiger partial charge in [0.15, 0.2) is 5.82 Å². The molecule has 0 atom stereocenters. The molecule has 0 unspecified atom stereocenters. The highest BCUT2D eigenvalue weighted by atomic mass is 14.9. The number of aromatic nitrogens is 2. The number of hydrogen-bond donors (Lipinski definition) is 0. The Bertz CT molecular complexity index is 3190. The van der Waals surface area contributed by atoms with Gasteiger partial charge in [-0.1, -0.05) is 184 Å². The number of fused-ring (bicyclic) bond motifs is 7. The van der Waals surface area contributed by atoms with Crippen molar-refractivity contribution in [1.82, 2.24) is 9.97 Å². The van der Waals surface area contributed by atoms with E-state index >= 15 is 0 Å². The summed E-state index contributed by atoms with van der Waals surface area (Å²) in [6.45, 7) is 4.67. The van der Waals surface area contributed by atoms with Crippen LogP contribution in [-0.2, 0) is 5.41 Å². The summed E-state index contributed by atoms with van der Waals surface area (Å²) in [4.78, 5) is 10.4. The second-order valence-corrected chi connectivity index (χ2v) is 15.8. The van der Waals surface area contributed by atoms with Crippen LogP contribution < -0.4 is 0 Å². The van der Waals surface area contributed by atoms with Crippen LogP contribution >= 0.6 is 0 Å². The van der Waals surface area contributed by atoms with E-state index < -0.39 is 0 Å². The van der Waals surface area contributed by atoms with Crippen molar-refractivity contribution >= 4 is 32.3 Å². The zero-order chi connectivity index (χ0) is 38.1. The van der Waals surface area contributed by atoms with Crippen molar-refractivity contribution in [3.8, 4) is 67.3 Å². The highest BCUT2D eigenvalue weighted by Gasteiger charge is 2.35. The highest BCUT2D eigenvalue weighted by molar-refractivity contribution is 6.20. The fraction of sp³-hybridized carbons (Fsp3) is 0.0545. The summed E-state index contributed by atoms with van der Waals surface area (Å²) in [5.41, 5.74) is 15.0. The first-order valence-corrected chi connectivity index (χ1v) is 19.7. The predicted molar refractivity (Wildman–Crippen MR) is 239 cm³/mol. The maximum atomic E-state index is 5.27. The molecule has 0 radical (unpaired) electrons. The van der Waals surface area contributed by atoms with Crippen LogP contribution in [0.2, 0.25) is 0 Å². The molecule has 1 aliphatic rings. The third-order valence-electron chi connectivity index (χ3n) is 12.1. The van der Waals surface area contributed by atoms with Crippen LogP contribution in [0.3, 0.4) is 0 Å². The number of nitrogens with zero attached hydrogens (tertiary/aromatic N) is 2. The first kappa shape index (κ1) is 33.2. The second-order valence-electron chi connectivity index (χ2n) is 15.8. The molecule has 0 saturated carbocycles. The molecule has 1 aromatic heterocycles. The maximum absolute atomic E-state index is 5.27. The van der Waals surface area contributed by atoms with Crippen molar-refractivity contribution in [2.24, 2.45) is 0 Å². The van der Waals surface area contributed by atoms with Gasteiger partial charge in [-0.2, -0.15) is 0 Å². The Labute approximate surface area is 332 Å². The van der Waals surface area contributed by atoms with Gasteiger partial charge in [-0.15, -0.1) is 0 Å². The van der Waals surface area contributed by atoms with Gasteiger partial charge < -0.3 is 0 Å². The molecule has 0 aliphatic heterocycles. The summed E-state index contributed by atoms with van der Waals surface area (Å²) in [7, 11) is 0. The molecule has 268 valence electrons. The first-order valence-electron chi connectivity index (χ1n) is 19.7. The van der Waals surface area contributed by atoms with Gasteiger partial charge in [-0.25, -0.2) is 9.97 Å². The molecule has 0 saturated heterocycles. The third kappa shape index (κ3) is 5.48. The molecular weight excluding hydrogens is 689 g/mol. The van der Waals surface area contributed by atoms with Crippen molar-refractivity contribution < 1.29 is 0 Å². The highest BCUT2D eigenvalue weighted by Crippen LogP contribution is 2.49. The zero-order valence-electron chi connectivity index (χ0n) is 31.9. The van der Waals surface area contributed by atoms with Crippen LogP contribution in [0, 0.1) is 0 Å². The monoisotopic (exact) mass is 726 g/mol. The van der Waals surface area contributed by atoms with Gasteiger partial charge in [0.05, 0.1) is 11.4 Å². The van der Waals surface area contributed by atoms with Crippen LogP contribution in [0.1, 0.15) is 25.0 Å². The minimum atomic E-state index is -0.0592. The zero-order valence-corrected chi connectivity index (χ0v) is 31.9. The molecule has 11 rings (SSSR count). The van der Waals surface area contributed by atoms with Gasteiger partial charge in [0, 0.05) is 22.1 Å². The lowest BCUT2D eigenvalue weighted by molar-refractivity contribution is 0.660. The van der Waals surface area contributed by atoms with Gasteiger partial charge in [-0.05, 0) is 101 Å². The summed E-state index contributed by atoms with van der Waals surface area (Å²) in [6.07, 6.45) is 0. The van der Waals surface area contributed by atoms with Crippen LogP contribution in [0.25, 0.3) is 99.6 Å². The van der Waals surface area contributed by atoms with E-state index in [-0.39, 0.29) is 5.41 Å². The summed E-state index contributed by atoms with van der Waals surface area (Å²) >= 11 is 0. The lowest BCUT2D eigenvalue weighted by atomic mass is 9.81. The first-order chi connectivity index (χ1) is 28.0. The molecule has 0 spiro atoms. The normalized spacial score (nSPS) is 12.9. The largest absolute Gasteiger partial charge is 0.228 e.